The summed E-state index contributed by atoms with van der Waals surface area (Å²) >= 11 is 0. The summed E-state index contributed by atoms with van der Waals surface area (Å²) in [5.41, 5.74) is 1.09. The number of rotatable bonds is 3. The second kappa shape index (κ2) is 4.77. The molecule has 15 heavy (non-hydrogen) atoms. The van der Waals surface area contributed by atoms with Crippen molar-refractivity contribution in [1.82, 2.24) is 14.9 Å². The van der Waals surface area contributed by atoms with Gasteiger partial charge in [0.2, 0.25) is 0 Å². The van der Waals surface area contributed by atoms with E-state index in [1.54, 1.807) is 0 Å². The molecule has 1 atom stereocenters. The first kappa shape index (κ1) is 10.6. The summed E-state index contributed by atoms with van der Waals surface area (Å²) in [6.07, 6.45) is 3.28. The smallest absolute Gasteiger partial charge is 0.128 e. The SMILES string of the molecule is CCOC[C@@H]1NCCCn2cc(C)nc21. The molecule has 4 heteroatoms. The average molecular weight is 209 g/mol. The number of aryl methyl sites for hydroxylation is 2. The Hall–Kier alpha value is -0.870. The summed E-state index contributed by atoms with van der Waals surface area (Å²) in [4.78, 5) is 4.57. The van der Waals surface area contributed by atoms with E-state index in [1.807, 2.05) is 13.8 Å². The van der Waals surface area contributed by atoms with E-state index < -0.39 is 0 Å². The number of imidazole rings is 1. The zero-order valence-corrected chi connectivity index (χ0v) is 9.49. The molecule has 2 rings (SSSR count). The van der Waals surface area contributed by atoms with Crippen LogP contribution in [0.2, 0.25) is 0 Å². The van der Waals surface area contributed by atoms with Gasteiger partial charge in [-0.15, -0.1) is 0 Å². The number of nitrogens with zero attached hydrogens (tertiary/aromatic N) is 2. The van der Waals surface area contributed by atoms with Crippen molar-refractivity contribution in [2.24, 2.45) is 0 Å². The topological polar surface area (TPSA) is 39.1 Å². The number of hydrogen-bond acceptors (Lipinski definition) is 3. The quantitative estimate of drug-likeness (QED) is 0.814. The molecule has 0 radical (unpaired) electrons. The van der Waals surface area contributed by atoms with Gasteiger partial charge in [-0.05, 0) is 26.8 Å². The second-order valence-corrected chi connectivity index (χ2v) is 3.95. The van der Waals surface area contributed by atoms with Crippen LogP contribution in [0.1, 0.15) is 30.9 Å². The first-order valence-electron chi connectivity index (χ1n) is 5.66. The fourth-order valence-corrected chi connectivity index (χ4v) is 2.01. The molecule has 1 N–H and O–H groups in total. The molecule has 1 aliphatic rings. The molecule has 1 aromatic rings. The van der Waals surface area contributed by atoms with E-state index in [0.717, 1.165) is 37.6 Å². The van der Waals surface area contributed by atoms with Crippen molar-refractivity contribution in [2.75, 3.05) is 19.8 Å². The van der Waals surface area contributed by atoms with Gasteiger partial charge in [-0.25, -0.2) is 4.98 Å². The van der Waals surface area contributed by atoms with E-state index in [1.165, 1.54) is 0 Å². The number of hydrogen-bond donors (Lipinski definition) is 1. The second-order valence-electron chi connectivity index (χ2n) is 3.95. The minimum Gasteiger partial charge on any atom is -0.380 e. The molecule has 1 aromatic heterocycles. The van der Waals surface area contributed by atoms with E-state index in [4.69, 9.17) is 4.74 Å². The number of fused-ring (bicyclic) bond motifs is 1. The fraction of sp³-hybridized carbons (Fsp3) is 0.727. The summed E-state index contributed by atoms with van der Waals surface area (Å²) in [6, 6.07) is 0.251. The molecule has 0 unspecified atom stereocenters. The van der Waals surface area contributed by atoms with Crippen molar-refractivity contribution in [3.05, 3.63) is 17.7 Å². The Morgan fingerprint density at radius 2 is 2.53 bits per heavy atom. The Morgan fingerprint density at radius 1 is 1.67 bits per heavy atom. The third-order valence-electron chi connectivity index (χ3n) is 2.69. The van der Waals surface area contributed by atoms with Crippen LogP contribution in [0.3, 0.4) is 0 Å². The van der Waals surface area contributed by atoms with Crippen molar-refractivity contribution >= 4 is 0 Å². The lowest BCUT2D eigenvalue weighted by Crippen LogP contribution is -2.26. The van der Waals surface area contributed by atoms with Crippen molar-refractivity contribution in [3.63, 3.8) is 0 Å². The van der Waals surface area contributed by atoms with Crippen molar-refractivity contribution in [1.29, 1.82) is 0 Å². The van der Waals surface area contributed by atoms with Gasteiger partial charge in [0.15, 0.2) is 0 Å². The zero-order valence-electron chi connectivity index (χ0n) is 9.49. The van der Waals surface area contributed by atoms with Crippen LogP contribution in [0.4, 0.5) is 0 Å². The third kappa shape index (κ3) is 2.38. The number of nitrogens with one attached hydrogen (secondary N) is 1. The highest BCUT2D eigenvalue weighted by molar-refractivity contribution is 5.07. The van der Waals surface area contributed by atoms with Gasteiger partial charge in [0.25, 0.3) is 0 Å². The first-order valence-corrected chi connectivity index (χ1v) is 5.66. The van der Waals surface area contributed by atoms with Crippen LogP contribution in [0.5, 0.6) is 0 Å². The maximum Gasteiger partial charge on any atom is 0.128 e. The lowest BCUT2D eigenvalue weighted by atomic mass is 10.3. The number of aromatic nitrogens is 2. The molecule has 0 spiro atoms. The minimum atomic E-state index is 0.251. The molecule has 0 aromatic carbocycles. The highest BCUT2D eigenvalue weighted by atomic mass is 16.5. The van der Waals surface area contributed by atoms with Crippen LogP contribution < -0.4 is 5.32 Å². The largest absolute Gasteiger partial charge is 0.380 e. The standard InChI is InChI=1S/C11H19N3O/c1-3-15-8-10-11-13-9(2)7-14(11)6-4-5-12-10/h7,10,12H,3-6,8H2,1-2H3/t10-/m0/s1. The molecule has 1 aliphatic heterocycles. The third-order valence-corrected chi connectivity index (χ3v) is 2.69. The van der Waals surface area contributed by atoms with Crippen LogP contribution >= 0.6 is 0 Å². The van der Waals surface area contributed by atoms with Crippen LogP contribution in [0.25, 0.3) is 0 Å². The first-order chi connectivity index (χ1) is 7.31. The summed E-state index contributed by atoms with van der Waals surface area (Å²) in [6.45, 7) is 7.64. The van der Waals surface area contributed by atoms with E-state index in [9.17, 15) is 0 Å². The molecule has 0 bridgehead atoms. The Bertz CT molecular complexity index is 322. The van der Waals surface area contributed by atoms with Crippen LogP contribution in [0.15, 0.2) is 6.20 Å². The highest BCUT2D eigenvalue weighted by Crippen LogP contribution is 2.16. The van der Waals surface area contributed by atoms with Gasteiger partial charge in [-0.3, -0.25) is 0 Å². The van der Waals surface area contributed by atoms with Gasteiger partial charge in [-0.2, -0.15) is 0 Å². The van der Waals surface area contributed by atoms with Crippen LogP contribution in [-0.4, -0.2) is 29.3 Å². The number of ether oxygens (including phenoxy) is 1. The summed E-state index contributed by atoms with van der Waals surface area (Å²) < 4.78 is 7.73. The molecular formula is C11H19N3O. The predicted octanol–water partition coefficient (Wildman–Crippen LogP) is 1.26. The Balaban J connectivity index is 2.16. The molecular weight excluding hydrogens is 190 g/mol. The summed E-state index contributed by atoms with van der Waals surface area (Å²) in [5, 5.41) is 3.48. The van der Waals surface area contributed by atoms with E-state index >= 15 is 0 Å². The fourth-order valence-electron chi connectivity index (χ4n) is 2.01. The van der Waals surface area contributed by atoms with E-state index in [2.05, 4.69) is 21.1 Å². The lowest BCUT2D eigenvalue weighted by Gasteiger charge is -2.15. The monoisotopic (exact) mass is 209 g/mol. The Morgan fingerprint density at radius 3 is 3.33 bits per heavy atom. The van der Waals surface area contributed by atoms with Crippen molar-refractivity contribution in [3.8, 4) is 0 Å². The van der Waals surface area contributed by atoms with Gasteiger partial charge < -0.3 is 14.6 Å². The van der Waals surface area contributed by atoms with Gasteiger partial charge in [0, 0.05) is 19.3 Å². The lowest BCUT2D eigenvalue weighted by molar-refractivity contribution is 0.121. The molecule has 4 nitrogen and oxygen atoms in total. The van der Waals surface area contributed by atoms with E-state index in [0.29, 0.717) is 6.61 Å². The Labute approximate surface area is 90.6 Å². The van der Waals surface area contributed by atoms with E-state index in [-0.39, 0.29) is 6.04 Å². The van der Waals surface area contributed by atoms with Crippen molar-refractivity contribution in [2.45, 2.75) is 32.9 Å². The van der Waals surface area contributed by atoms with Crippen LogP contribution in [0, 0.1) is 6.92 Å². The minimum absolute atomic E-state index is 0.251. The molecule has 84 valence electrons. The average Bonchev–Trinajstić information content (AvgIpc) is 2.49. The molecule has 2 heterocycles. The predicted molar refractivity (Wildman–Crippen MR) is 58.8 cm³/mol. The molecule has 0 amide bonds. The van der Waals surface area contributed by atoms with Gasteiger partial charge in [0.05, 0.1) is 18.3 Å². The zero-order chi connectivity index (χ0) is 10.7. The summed E-state index contributed by atoms with van der Waals surface area (Å²) in [5.74, 6) is 1.12. The van der Waals surface area contributed by atoms with Gasteiger partial charge >= 0.3 is 0 Å². The summed E-state index contributed by atoms with van der Waals surface area (Å²) in [7, 11) is 0. The van der Waals surface area contributed by atoms with Crippen molar-refractivity contribution < 1.29 is 4.74 Å². The maximum atomic E-state index is 5.48. The maximum absolute atomic E-state index is 5.48. The van der Waals surface area contributed by atoms with Crippen LogP contribution in [-0.2, 0) is 11.3 Å². The molecule has 0 saturated carbocycles. The normalized spacial score (nSPS) is 21.1. The molecule has 0 aliphatic carbocycles. The highest BCUT2D eigenvalue weighted by Gasteiger charge is 2.20. The van der Waals surface area contributed by atoms with Gasteiger partial charge in [0.1, 0.15) is 5.82 Å². The Kier molecular flexibility index (Phi) is 3.38. The van der Waals surface area contributed by atoms with Gasteiger partial charge in [-0.1, -0.05) is 0 Å². The molecule has 0 saturated heterocycles. The molecule has 0 fully saturated rings.